The number of nitrogens with zero attached hydrogens (tertiary/aromatic N) is 3. The molecule has 1 aromatic heterocycles. The molecular weight excluding hydrogens is 636 g/mol. The summed E-state index contributed by atoms with van der Waals surface area (Å²) in [5.74, 6) is 0.530. The van der Waals surface area contributed by atoms with Gasteiger partial charge in [-0.3, -0.25) is 9.59 Å². The Morgan fingerprint density at radius 3 is 2.53 bits per heavy atom. The zero-order valence-corrected chi connectivity index (χ0v) is 25.1. The molecule has 0 atom stereocenters. The standard InChI is InChI=1S/C28H25Br2ClN4O3/c1-16-5-8-20(9-6-16)33-24(36)15-38-25-17(11-19(31)13-22(25)30)14-32-35-26(37)21-12-18(29)7-10-23(21)34-27(35)28(2,3)4/h5-14H,15H2,1-4H3,(H,33,36). The molecule has 1 heterocycles. The molecule has 38 heavy (non-hydrogen) atoms. The van der Waals surface area contributed by atoms with Gasteiger partial charge in [0.25, 0.3) is 11.5 Å². The van der Waals surface area contributed by atoms with Crippen molar-refractivity contribution < 1.29 is 9.53 Å². The lowest BCUT2D eigenvalue weighted by Gasteiger charge is -2.21. The maximum absolute atomic E-state index is 13.5. The van der Waals surface area contributed by atoms with Gasteiger partial charge in [0, 0.05) is 26.2 Å². The third kappa shape index (κ3) is 6.51. The number of amides is 1. The summed E-state index contributed by atoms with van der Waals surface area (Å²) in [5.41, 5.74) is 2.05. The van der Waals surface area contributed by atoms with Crippen LogP contribution >= 0.6 is 43.5 Å². The number of nitrogens with one attached hydrogen (secondary N) is 1. The van der Waals surface area contributed by atoms with Crippen LogP contribution in [-0.2, 0) is 10.2 Å². The molecule has 196 valence electrons. The van der Waals surface area contributed by atoms with Gasteiger partial charge in [-0.2, -0.15) is 9.78 Å². The Bertz CT molecular complexity index is 1610. The molecule has 0 saturated heterocycles. The number of anilines is 1. The molecule has 0 aliphatic heterocycles. The predicted octanol–water partition coefficient (Wildman–Crippen LogP) is 7.08. The summed E-state index contributed by atoms with van der Waals surface area (Å²) in [6.45, 7) is 7.61. The van der Waals surface area contributed by atoms with Crippen LogP contribution in [0.4, 0.5) is 5.69 Å². The highest BCUT2D eigenvalue weighted by molar-refractivity contribution is 9.10. The van der Waals surface area contributed by atoms with Crippen LogP contribution in [0.25, 0.3) is 10.9 Å². The highest BCUT2D eigenvalue weighted by atomic mass is 79.9. The molecule has 0 aliphatic carbocycles. The SMILES string of the molecule is Cc1ccc(NC(=O)COc2c(Br)cc(Cl)cc2C=Nn2c(C(C)(C)C)nc3ccc(Br)cc3c2=O)cc1. The van der Waals surface area contributed by atoms with Crippen molar-refractivity contribution in [2.24, 2.45) is 5.10 Å². The lowest BCUT2D eigenvalue weighted by molar-refractivity contribution is -0.118. The predicted molar refractivity (Wildman–Crippen MR) is 160 cm³/mol. The van der Waals surface area contributed by atoms with Gasteiger partial charge in [-0.05, 0) is 65.3 Å². The van der Waals surface area contributed by atoms with Crippen molar-refractivity contribution in [1.82, 2.24) is 9.66 Å². The average molecular weight is 661 g/mol. The van der Waals surface area contributed by atoms with E-state index in [4.69, 9.17) is 21.3 Å². The number of carbonyl (C=O) groups excluding carboxylic acids is 1. The molecule has 0 bridgehead atoms. The highest BCUT2D eigenvalue weighted by Crippen LogP contribution is 2.32. The maximum Gasteiger partial charge on any atom is 0.282 e. The summed E-state index contributed by atoms with van der Waals surface area (Å²) in [6, 6.07) is 16.1. The minimum absolute atomic E-state index is 0.242. The van der Waals surface area contributed by atoms with E-state index in [0.29, 0.717) is 43.2 Å². The van der Waals surface area contributed by atoms with E-state index >= 15 is 0 Å². The highest BCUT2D eigenvalue weighted by Gasteiger charge is 2.23. The fourth-order valence-electron chi connectivity index (χ4n) is 3.66. The average Bonchev–Trinajstić information content (AvgIpc) is 2.83. The third-order valence-electron chi connectivity index (χ3n) is 5.51. The van der Waals surface area contributed by atoms with Crippen LogP contribution in [0.1, 0.15) is 37.7 Å². The number of rotatable bonds is 6. The van der Waals surface area contributed by atoms with Crippen LogP contribution in [0.5, 0.6) is 5.75 Å². The Kier molecular flexibility index (Phi) is 8.40. The Balaban J connectivity index is 1.68. The van der Waals surface area contributed by atoms with Gasteiger partial charge in [0.1, 0.15) is 11.6 Å². The monoisotopic (exact) mass is 658 g/mol. The number of hydrogen-bond acceptors (Lipinski definition) is 5. The Labute approximate surface area is 242 Å². The van der Waals surface area contributed by atoms with Crippen LogP contribution in [0.2, 0.25) is 5.02 Å². The van der Waals surface area contributed by atoms with E-state index in [0.717, 1.165) is 10.0 Å². The quantitative estimate of drug-likeness (QED) is 0.224. The number of aromatic nitrogens is 2. The second-order valence-electron chi connectivity index (χ2n) is 9.72. The topological polar surface area (TPSA) is 85.6 Å². The molecule has 1 amide bonds. The number of hydrogen-bond donors (Lipinski definition) is 1. The first-order valence-corrected chi connectivity index (χ1v) is 13.6. The van der Waals surface area contributed by atoms with Gasteiger partial charge in [0.15, 0.2) is 6.61 Å². The van der Waals surface area contributed by atoms with Crippen LogP contribution in [0, 0.1) is 6.92 Å². The normalized spacial score (nSPS) is 11.8. The Hall–Kier alpha value is -3.01. The molecule has 10 heteroatoms. The molecule has 0 aliphatic rings. The number of benzene rings is 3. The van der Waals surface area contributed by atoms with Crippen molar-refractivity contribution in [1.29, 1.82) is 0 Å². The van der Waals surface area contributed by atoms with Crippen molar-refractivity contribution in [3.8, 4) is 5.75 Å². The second-order valence-corrected chi connectivity index (χ2v) is 11.9. The van der Waals surface area contributed by atoms with E-state index < -0.39 is 5.41 Å². The van der Waals surface area contributed by atoms with Crippen LogP contribution in [0.15, 0.2) is 73.4 Å². The third-order valence-corrected chi connectivity index (χ3v) is 6.81. The van der Waals surface area contributed by atoms with Gasteiger partial charge in [-0.15, -0.1) is 0 Å². The van der Waals surface area contributed by atoms with E-state index in [1.807, 2.05) is 58.0 Å². The van der Waals surface area contributed by atoms with Crippen LogP contribution < -0.4 is 15.6 Å². The smallest absolute Gasteiger partial charge is 0.282 e. The number of carbonyl (C=O) groups is 1. The first-order chi connectivity index (χ1) is 17.9. The van der Waals surface area contributed by atoms with Gasteiger partial charge in [0.2, 0.25) is 0 Å². The van der Waals surface area contributed by atoms with Crippen molar-refractivity contribution in [3.05, 3.63) is 95.9 Å². The van der Waals surface area contributed by atoms with Gasteiger partial charge < -0.3 is 10.1 Å². The number of aryl methyl sites for hydroxylation is 1. The molecule has 1 N–H and O–H groups in total. The summed E-state index contributed by atoms with van der Waals surface area (Å²) >= 11 is 13.2. The van der Waals surface area contributed by atoms with Crippen molar-refractivity contribution >= 4 is 72.2 Å². The summed E-state index contributed by atoms with van der Waals surface area (Å²) in [4.78, 5) is 30.7. The minimum atomic E-state index is -0.472. The lowest BCUT2D eigenvalue weighted by atomic mass is 9.95. The van der Waals surface area contributed by atoms with Crippen molar-refractivity contribution in [2.45, 2.75) is 33.1 Å². The first-order valence-electron chi connectivity index (χ1n) is 11.7. The maximum atomic E-state index is 13.5. The van der Waals surface area contributed by atoms with Gasteiger partial charge in [-0.1, -0.05) is 66.0 Å². The molecular formula is C28H25Br2ClN4O3. The summed E-state index contributed by atoms with van der Waals surface area (Å²) in [7, 11) is 0. The minimum Gasteiger partial charge on any atom is -0.482 e. The molecule has 0 fully saturated rings. The molecule has 7 nitrogen and oxygen atoms in total. The molecule has 4 aromatic rings. The van der Waals surface area contributed by atoms with E-state index in [1.165, 1.54) is 10.9 Å². The van der Waals surface area contributed by atoms with Gasteiger partial charge >= 0.3 is 0 Å². The van der Waals surface area contributed by atoms with E-state index in [1.54, 1.807) is 24.3 Å². The van der Waals surface area contributed by atoms with E-state index in [9.17, 15) is 9.59 Å². The van der Waals surface area contributed by atoms with Crippen molar-refractivity contribution in [2.75, 3.05) is 11.9 Å². The second kappa shape index (κ2) is 11.4. The number of fused-ring (bicyclic) bond motifs is 1. The summed E-state index contributed by atoms with van der Waals surface area (Å²) in [6.07, 6.45) is 1.48. The lowest BCUT2D eigenvalue weighted by Crippen LogP contribution is -2.29. The van der Waals surface area contributed by atoms with E-state index in [2.05, 4.69) is 42.3 Å². The molecule has 4 rings (SSSR count). The van der Waals surface area contributed by atoms with Crippen LogP contribution in [-0.4, -0.2) is 28.4 Å². The van der Waals surface area contributed by atoms with Crippen LogP contribution in [0.3, 0.4) is 0 Å². The Morgan fingerprint density at radius 1 is 1.13 bits per heavy atom. The molecule has 0 unspecified atom stereocenters. The van der Waals surface area contributed by atoms with Gasteiger partial charge in [0.05, 0.1) is 21.6 Å². The Morgan fingerprint density at radius 2 is 1.84 bits per heavy atom. The first kappa shape index (κ1) is 28.0. The summed E-state index contributed by atoms with van der Waals surface area (Å²) in [5, 5.41) is 8.17. The fraction of sp³-hybridized carbons (Fsp3) is 0.214. The number of halogens is 3. The molecule has 0 spiro atoms. The van der Waals surface area contributed by atoms with E-state index in [-0.39, 0.29) is 18.1 Å². The zero-order valence-electron chi connectivity index (χ0n) is 21.2. The summed E-state index contributed by atoms with van der Waals surface area (Å²) < 4.78 is 8.46. The van der Waals surface area contributed by atoms with Crippen molar-refractivity contribution in [3.63, 3.8) is 0 Å². The number of ether oxygens (including phenoxy) is 1. The zero-order chi connectivity index (χ0) is 27.6. The largest absolute Gasteiger partial charge is 0.482 e. The molecule has 3 aromatic carbocycles. The molecule has 0 radical (unpaired) electrons. The van der Waals surface area contributed by atoms with Gasteiger partial charge in [-0.25, -0.2) is 4.98 Å². The molecule has 0 saturated carbocycles. The fourth-order valence-corrected chi connectivity index (χ4v) is 4.97.